The summed E-state index contributed by atoms with van der Waals surface area (Å²) in [5, 5.41) is 0.660. The summed E-state index contributed by atoms with van der Waals surface area (Å²) in [5.74, 6) is 5.93. The minimum Gasteiger partial charge on any atom is -0.496 e. The van der Waals surface area contributed by atoms with Crippen molar-refractivity contribution in [1.29, 1.82) is 0 Å². The number of benzene rings is 1. The molecule has 0 aliphatic rings. The van der Waals surface area contributed by atoms with Crippen LogP contribution in [0.3, 0.4) is 0 Å². The van der Waals surface area contributed by atoms with Gasteiger partial charge < -0.3 is 4.74 Å². The molecule has 1 aromatic carbocycles. The van der Waals surface area contributed by atoms with Crippen LogP contribution >= 0.6 is 11.6 Å². The van der Waals surface area contributed by atoms with Gasteiger partial charge in [0.25, 0.3) is 0 Å². The highest BCUT2D eigenvalue weighted by molar-refractivity contribution is 6.30. The molecule has 66 valence electrons. The lowest BCUT2D eigenvalue weighted by Gasteiger charge is -2.07. The summed E-state index contributed by atoms with van der Waals surface area (Å²) >= 11 is 5.76. The quantitative estimate of drug-likeness (QED) is 0.553. The molecule has 1 aromatic rings. The molecule has 0 fully saturated rings. The Bertz CT molecular complexity index is 265. The van der Waals surface area contributed by atoms with Crippen molar-refractivity contribution < 1.29 is 4.74 Å². The van der Waals surface area contributed by atoms with E-state index in [2.05, 4.69) is 5.43 Å². The third-order valence-electron chi connectivity index (χ3n) is 1.54. The van der Waals surface area contributed by atoms with E-state index < -0.39 is 0 Å². The van der Waals surface area contributed by atoms with E-state index in [0.29, 0.717) is 11.6 Å². The van der Waals surface area contributed by atoms with Gasteiger partial charge >= 0.3 is 0 Å². The molecule has 0 saturated carbocycles. The molecule has 0 atom stereocenters. The van der Waals surface area contributed by atoms with E-state index in [0.717, 1.165) is 11.3 Å². The summed E-state index contributed by atoms with van der Waals surface area (Å²) in [4.78, 5) is 0. The summed E-state index contributed by atoms with van der Waals surface area (Å²) in [7, 11) is 1.60. The van der Waals surface area contributed by atoms with Crippen molar-refractivity contribution in [3.05, 3.63) is 28.8 Å². The van der Waals surface area contributed by atoms with Crippen LogP contribution in [0.25, 0.3) is 0 Å². The topological polar surface area (TPSA) is 47.3 Å². The first-order valence-electron chi connectivity index (χ1n) is 3.54. The summed E-state index contributed by atoms with van der Waals surface area (Å²) in [6.07, 6.45) is 0. The maximum atomic E-state index is 5.76. The zero-order valence-corrected chi connectivity index (χ0v) is 7.56. The predicted octanol–water partition coefficient (Wildman–Crippen LogP) is 1.31. The highest BCUT2D eigenvalue weighted by Gasteiger charge is 2.01. The molecule has 3 nitrogen and oxygen atoms in total. The van der Waals surface area contributed by atoms with E-state index in [4.69, 9.17) is 22.2 Å². The summed E-state index contributed by atoms with van der Waals surface area (Å²) < 4.78 is 5.10. The smallest absolute Gasteiger partial charge is 0.124 e. The van der Waals surface area contributed by atoms with Crippen molar-refractivity contribution >= 4 is 11.6 Å². The van der Waals surface area contributed by atoms with Gasteiger partial charge in [-0.05, 0) is 12.1 Å². The van der Waals surface area contributed by atoms with Crippen LogP contribution in [-0.2, 0) is 6.54 Å². The van der Waals surface area contributed by atoms with Gasteiger partial charge in [-0.25, -0.2) is 0 Å². The van der Waals surface area contributed by atoms with Crippen LogP contribution in [-0.4, -0.2) is 7.11 Å². The average molecular weight is 187 g/mol. The van der Waals surface area contributed by atoms with Gasteiger partial charge in [0.05, 0.1) is 7.11 Å². The standard InChI is InChI=1S/C8H11ClN2O/c1-12-8-4-7(9)3-2-6(8)5-11-10/h2-4,11H,5,10H2,1H3. The highest BCUT2D eigenvalue weighted by Crippen LogP contribution is 2.22. The summed E-state index contributed by atoms with van der Waals surface area (Å²) in [6, 6.07) is 5.44. The molecule has 0 unspecified atom stereocenters. The number of nitrogens with two attached hydrogens (primary N) is 1. The molecule has 1 rings (SSSR count). The summed E-state index contributed by atoms with van der Waals surface area (Å²) in [5.41, 5.74) is 3.55. The van der Waals surface area contributed by atoms with E-state index in [1.165, 1.54) is 0 Å². The molecular weight excluding hydrogens is 176 g/mol. The molecular formula is C8H11ClN2O. The molecule has 4 heteroatoms. The predicted molar refractivity (Wildman–Crippen MR) is 49.0 cm³/mol. The SMILES string of the molecule is COc1cc(Cl)ccc1CNN. The second kappa shape index (κ2) is 4.30. The van der Waals surface area contributed by atoms with Gasteiger partial charge in [0.15, 0.2) is 0 Å². The summed E-state index contributed by atoms with van der Waals surface area (Å²) in [6.45, 7) is 0.570. The van der Waals surface area contributed by atoms with E-state index in [1.807, 2.05) is 6.07 Å². The Morgan fingerprint density at radius 3 is 2.92 bits per heavy atom. The van der Waals surface area contributed by atoms with E-state index in [9.17, 15) is 0 Å². The average Bonchev–Trinajstić information content (AvgIpc) is 2.08. The maximum Gasteiger partial charge on any atom is 0.124 e. The zero-order chi connectivity index (χ0) is 8.97. The maximum absolute atomic E-state index is 5.76. The first-order valence-corrected chi connectivity index (χ1v) is 3.91. The number of halogens is 1. The van der Waals surface area contributed by atoms with Crippen molar-refractivity contribution in [3.63, 3.8) is 0 Å². The first-order chi connectivity index (χ1) is 5.77. The minimum atomic E-state index is 0.570. The largest absolute Gasteiger partial charge is 0.496 e. The highest BCUT2D eigenvalue weighted by atomic mass is 35.5. The molecule has 0 bridgehead atoms. The molecule has 0 heterocycles. The molecule has 0 aliphatic carbocycles. The van der Waals surface area contributed by atoms with Crippen LogP contribution in [0.5, 0.6) is 5.75 Å². The third kappa shape index (κ3) is 2.11. The Labute approximate surface area is 76.4 Å². The van der Waals surface area contributed by atoms with Gasteiger partial charge in [-0.2, -0.15) is 0 Å². The lowest BCUT2D eigenvalue weighted by molar-refractivity contribution is 0.408. The lowest BCUT2D eigenvalue weighted by atomic mass is 10.2. The van der Waals surface area contributed by atoms with Gasteiger partial charge in [0, 0.05) is 17.1 Å². The van der Waals surface area contributed by atoms with Crippen molar-refractivity contribution in [2.45, 2.75) is 6.54 Å². The number of hydrazine groups is 1. The molecule has 0 saturated heterocycles. The fourth-order valence-corrected chi connectivity index (χ4v) is 1.14. The molecule has 0 radical (unpaired) electrons. The lowest BCUT2D eigenvalue weighted by Crippen LogP contribution is -2.21. The van der Waals surface area contributed by atoms with Crippen LogP contribution in [0.2, 0.25) is 5.02 Å². The van der Waals surface area contributed by atoms with Crippen LogP contribution in [0.1, 0.15) is 5.56 Å². The van der Waals surface area contributed by atoms with Crippen LogP contribution in [0, 0.1) is 0 Å². The van der Waals surface area contributed by atoms with E-state index >= 15 is 0 Å². The van der Waals surface area contributed by atoms with Gasteiger partial charge in [-0.15, -0.1) is 0 Å². The van der Waals surface area contributed by atoms with Crippen molar-refractivity contribution in [2.75, 3.05) is 7.11 Å². The molecule has 0 spiro atoms. The molecule has 0 amide bonds. The minimum absolute atomic E-state index is 0.570. The van der Waals surface area contributed by atoms with Crippen LogP contribution < -0.4 is 16.0 Å². The number of hydrogen-bond donors (Lipinski definition) is 2. The normalized spacial score (nSPS) is 9.92. The van der Waals surface area contributed by atoms with Gasteiger partial charge in [0.2, 0.25) is 0 Å². The number of rotatable bonds is 3. The van der Waals surface area contributed by atoms with Gasteiger partial charge in [-0.1, -0.05) is 17.7 Å². The number of ether oxygens (including phenoxy) is 1. The van der Waals surface area contributed by atoms with E-state index in [-0.39, 0.29) is 0 Å². The number of methoxy groups -OCH3 is 1. The van der Waals surface area contributed by atoms with Crippen molar-refractivity contribution in [2.24, 2.45) is 5.84 Å². The Hall–Kier alpha value is -0.770. The Balaban J connectivity index is 2.94. The Kier molecular flexibility index (Phi) is 3.34. The molecule has 12 heavy (non-hydrogen) atoms. The van der Waals surface area contributed by atoms with Gasteiger partial charge in [0.1, 0.15) is 5.75 Å². The molecule has 3 N–H and O–H groups in total. The second-order valence-corrected chi connectivity index (χ2v) is 2.77. The second-order valence-electron chi connectivity index (χ2n) is 2.34. The number of nitrogens with one attached hydrogen (secondary N) is 1. The fraction of sp³-hybridized carbons (Fsp3) is 0.250. The first kappa shape index (κ1) is 9.32. The zero-order valence-electron chi connectivity index (χ0n) is 6.80. The van der Waals surface area contributed by atoms with Crippen LogP contribution in [0.4, 0.5) is 0 Å². The monoisotopic (exact) mass is 186 g/mol. The number of hydrogen-bond acceptors (Lipinski definition) is 3. The van der Waals surface area contributed by atoms with E-state index in [1.54, 1.807) is 19.2 Å². The molecule has 0 aliphatic heterocycles. The third-order valence-corrected chi connectivity index (χ3v) is 1.78. The Morgan fingerprint density at radius 2 is 2.33 bits per heavy atom. The van der Waals surface area contributed by atoms with Gasteiger partial charge in [-0.3, -0.25) is 11.3 Å². The van der Waals surface area contributed by atoms with Crippen LogP contribution in [0.15, 0.2) is 18.2 Å². The molecule has 0 aromatic heterocycles. The van der Waals surface area contributed by atoms with Crippen molar-refractivity contribution in [1.82, 2.24) is 5.43 Å². The fourth-order valence-electron chi connectivity index (χ4n) is 0.974. The Morgan fingerprint density at radius 1 is 1.58 bits per heavy atom. The van der Waals surface area contributed by atoms with Crippen molar-refractivity contribution in [3.8, 4) is 5.75 Å².